The first-order valence-electron chi connectivity index (χ1n) is 15.8. The number of rotatable bonds is 10. The summed E-state index contributed by atoms with van der Waals surface area (Å²) < 4.78 is 82.0. The zero-order valence-corrected chi connectivity index (χ0v) is 29.6. The number of amidine groups is 2. The Labute approximate surface area is 299 Å². The molecule has 16 heteroatoms. The summed E-state index contributed by atoms with van der Waals surface area (Å²) in [6.07, 6.45) is -8.24. The summed E-state index contributed by atoms with van der Waals surface area (Å²) in [5.74, 6) is -0.113. The third-order valence-electron chi connectivity index (χ3n) is 7.52. The van der Waals surface area contributed by atoms with Gasteiger partial charge < -0.3 is 4.74 Å². The molecule has 1 aliphatic rings. The van der Waals surface area contributed by atoms with Gasteiger partial charge in [0, 0.05) is 11.3 Å². The molecule has 1 aliphatic heterocycles. The van der Waals surface area contributed by atoms with Crippen molar-refractivity contribution in [1.82, 2.24) is 14.8 Å². The highest BCUT2D eigenvalue weighted by Crippen LogP contribution is 2.35. The van der Waals surface area contributed by atoms with Gasteiger partial charge >= 0.3 is 12.5 Å². The number of carbonyl (C=O) groups is 1. The minimum absolute atomic E-state index is 0.120. The van der Waals surface area contributed by atoms with E-state index in [1.807, 2.05) is 70.2 Å². The topological polar surface area (TPSA) is 85.0 Å². The lowest BCUT2D eigenvalue weighted by Crippen LogP contribution is -2.31. The third-order valence-corrected chi connectivity index (χ3v) is 9.31. The molecule has 0 radical (unpaired) electrons. The van der Waals surface area contributed by atoms with Crippen molar-refractivity contribution >= 4 is 45.5 Å². The molecule has 270 valence electrons. The number of carbonyl (C=O) groups excluding carboxylic acids is 1. The van der Waals surface area contributed by atoms with Crippen LogP contribution in [-0.4, -0.2) is 61.1 Å². The lowest BCUT2D eigenvalue weighted by Gasteiger charge is -2.22. The molecule has 4 aromatic rings. The highest BCUT2D eigenvalue weighted by Gasteiger charge is 2.33. The highest BCUT2D eigenvalue weighted by molar-refractivity contribution is 8.16. The second kappa shape index (κ2) is 15.9. The van der Waals surface area contributed by atoms with Gasteiger partial charge in [0.1, 0.15) is 12.1 Å². The van der Waals surface area contributed by atoms with Crippen molar-refractivity contribution in [3.63, 3.8) is 0 Å². The molecule has 0 N–H and O–H groups in total. The Hall–Kier alpha value is -4.31. The molecule has 1 atom stereocenters. The van der Waals surface area contributed by atoms with Gasteiger partial charge in [0.05, 0.1) is 29.6 Å². The number of hydrogen-bond acceptors (Lipinski definition) is 7. The van der Waals surface area contributed by atoms with Crippen LogP contribution in [0.1, 0.15) is 49.8 Å². The van der Waals surface area contributed by atoms with Crippen LogP contribution < -0.4 is 9.64 Å². The van der Waals surface area contributed by atoms with Gasteiger partial charge in [-0.05, 0) is 73.2 Å². The van der Waals surface area contributed by atoms with Gasteiger partial charge in [-0.25, -0.2) is 9.67 Å². The van der Waals surface area contributed by atoms with Crippen LogP contribution in [0.3, 0.4) is 0 Å². The maximum Gasteiger partial charge on any atom is 0.573 e. The average Bonchev–Trinajstić information content (AvgIpc) is 3.67. The Kier molecular flexibility index (Phi) is 11.8. The fourth-order valence-electron chi connectivity index (χ4n) is 5.14. The largest absolute Gasteiger partial charge is 0.573 e. The quantitative estimate of drug-likeness (QED) is 0.0914. The number of aromatic nitrogens is 3. The Morgan fingerprint density at radius 1 is 1.00 bits per heavy atom. The predicted molar refractivity (Wildman–Crippen MR) is 190 cm³/mol. The van der Waals surface area contributed by atoms with Crippen LogP contribution >= 0.6 is 23.5 Å². The number of ether oxygens (including phenoxy) is 1. The molecule has 1 aromatic heterocycles. The SMILES string of the molecule is Cc1ccc(C(C)C)c(N2C(=O)CS/C2=N\C(=N[C@@H](C)Cc2ccc(-c3ncn(-c4ccc(OC(F)(F)F)cc4)n3)cc2)SCCC(F)(F)F)c1. The van der Waals surface area contributed by atoms with Gasteiger partial charge in [-0.3, -0.25) is 14.7 Å². The molecule has 0 unspecified atom stereocenters. The summed E-state index contributed by atoms with van der Waals surface area (Å²) in [6, 6.07) is 18.1. The van der Waals surface area contributed by atoms with E-state index in [0.29, 0.717) is 34.4 Å². The van der Waals surface area contributed by atoms with Gasteiger partial charge in [0.2, 0.25) is 5.91 Å². The van der Waals surface area contributed by atoms with Crippen molar-refractivity contribution < 1.29 is 35.9 Å². The molecular weight excluding hydrogens is 715 g/mol. The number of hydrogen-bond donors (Lipinski definition) is 0. The zero-order chi connectivity index (χ0) is 36.9. The van der Waals surface area contributed by atoms with E-state index in [0.717, 1.165) is 28.5 Å². The number of alkyl halides is 6. The second-order valence-corrected chi connectivity index (χ2v) is 14.1. The molecule has 5 rings (SSSR count). The monoisotopic (exact) mass is 748 g/mol. The van der Waals surface area contributed by atoms with Crippen LogP contribution in [0.25, 0.3) is 17.1 Å². The maximum absolute atomic E-state index is 13.1. The van der Waals surface area contributed by atoms with Crippen molar-refractivity contribution in [1.29, 1.82) is 0 Å². The van der Waals surface area contributed by atoms with Gasteiger partial charge in [0.25, 0.3) is 0 Å². The molecular formula is C35H34F6N6O2S2. The zero-order valence-electron chi connectivity index (χ0n) is 28.0. The first-order valence-corrected chi connectivity index (χ1v) is 17.8. The van der Waals surface area contributed by atoms with Gasteiger partial charge in [0.15, 0.2) is 16.2 Å². The molecule has 1 fully saturated rings. The Bertz CT molecular complexity index is 1890. The molecule has 3 aromatic carbocycles. The van der Waals surface area contributed by atoms with Crippen molar-refractivity contribution in [3.05, 3.63) is 89.7 Å². The number of amides is 1. The maximum atomic E-state index is 13.1. The first kappa shape index (κ1) is 37.9. The second-order valence-electron chi connectivity index (χ2n) is 12.1. The van der Waals surface area contributed by atoms with E-state index in [1.165, 1.54) is 47.0 Å². The first-order chi connectivity index (χ1) is 24.0. The minimum Gasteiger partial charge on any atom is -0.406 e. The summed E-state index contributed by atoms with van der Waals surface area (Å²) in [5, 5.41) is 4.96. The van der Waals surface area contributed by atoms with Crippen LogP contribution in [0.2, 0.25) is 0 Å². The number of benzene rings is 3. The van der Waals surface area contributed by atoms with E-state index in [2.05, 4.69) is 19.8 Å². The van der Waals surface area contributed by atoms with E-state index in [9.17, 15) is 31.1 Å². The molecule has 8 nitrogen and oxygen atoms in total. The standard InChI is InChI=1S/C35H34F6N6O2S2/c1-21(2)28-14-5-22(3)17-29(28)47-30(48)19-51-33(47)44-32(50-16-15-34(36,37)38)43-23(4)18-24-6-8-25(9-7-24)31-42-20-46(45-31)26-10-12-27(13-11-26)49-35(39,40)41/h5-14,17,20-21,23H,15-16,18-19H2,1-4H3/b43-32?,44-33-/t23-/m0/s1. The van der Waals surface area contributed by atoms with E-state index in [-0.39, 0.29) is 40.3 Å². The molecule has 0 saturated carbocycles. The molecule has 51 heavy (non-hydrogen) atoms. The number of thioether (sulfide) groups is 2. The summed E-state index contributed by atoms with van der Waals surface area (Å²) in [5.41, 5.74) is 4.71. The molecule has 2 heterocycles. The Balaban J connectivity index is 1.32. The Morgan fingerprint density at radius 3 is 2.35 bits per heavy atom. The number of aliphatic imine (C=N–C) groups is 2. The van der Waals surface area contributed by atoms with E-state index < -0.39 is 19.0 Å². The summed E-state index contributed by atoms with van der Waals surface area (Å²) in [7, 11) is 0. The van der Waals surface area contributed by atoms with E-state index in [4.69, 9.17) is 4.99 Å². The summed E-state index contributed by atoms with van der Waals surface area (Å²) in [6.45, 7) is 7.82. The van der Waals surface area contributed by atoms with Gasteiger partial charge in [-0.1, -0.05) is 73.8 Å². The van der Waals surface area contributed by atoms with Crippen molar-refractivity contribution in [2.24, 2.45) is 9.98 Å². The van der Waals surface area contributed by atoms with Gasteiger partial charge in [-0.2, -0.15) is 18.2 Å². The van der Waals surface area contributed by atoms with Crippen LogP contribution in [0.15, 0.2) is 83.0 Å². The molecule has 0 bridgehead atoms. The number of halogens is 6. The van der Waals surface area contributed by atoms with Crippen LogP contribution in [0.5, 0.6) is 5.75 Å². The van der Waals surface area contributed by atoms with Crippen molar-refractivity contribution in [2.75, 3.05) is 16.4 Å². The fraction of sp³-hybridized carbons (Fsp3) is 0.343. The number of aryl methyl sites for hydroxylation is 1. The third kappa shape index (κ3) is 10.6. The predicted octanol–water partition coefficient (Wildman–Crippen LogP) is 9.37. The Morgan fingerprint density at radius 2 is 1.71 bits per heavy atom. The van der Waals surface area contributed by atoms with Crippen LogP contribution in [-0.2, 0) is 11.2 Å². The fourth-order valence-corrected chi connectivity index (χ4v) is 6.98. The molecule has 0 spiro atoms. The molecule has 0 aliphatic carbocycles. The van der Waals surface area contributed by atoms with Crippen molar-refractivity contribution in [3.8, 4) is 22.8 Å². The summed E-state index contributed by atoms with van der Waals surface area (Å²) in [4.78, 5) is 28.3. The van der Waals surface area contributed by atoms with E-state index in [1.54, 1.807) is 4.90 Å². The molecule has 1 saturated heterocycles. The van der Waals surface area contributed by atoms with Crippen molar-refractivity contribution in [2.45, 2.75) is 65.0 Å². The smallest absolute Gasteiger partial charge is 0.406 e. The number of nitrogens with zero attached hydrogens (tertiary/aromatic N) is 6. The highest BCUT2D eigenvalue weighted by atomic mass is 32.2. The molecule has 1 amide bonds. The number of anilines is 1. The lowest BCUT2D eigenvalue weighted by atomic mass is 9.99. The van der Waals surface area contributed by atoms with E-state index >= 15 is 0 Å². The van der Waals surface area contributed by atoms with Crippen LogP contribution in [0, 0.1) is 6.92 Å². The normalized spacial score (nSPS) is 15.7. The van der Waals surface area contributed by atoms with Crippen LogP contribution in [0.4, 0.5) is 32.0 Å². The lowest BCUT2D eigenvalue weighted by molar-refractivity contribution is -0.274. The summed E-state index contributed by atoms with van der Waals surface area (Å²) >= 11 is 2.14. The van der Waals surface area contributed by atoms with Gasteiger partial charge in [-0.15, -0.1) is 18.3 Å². The minimum atomic E-state index is -4.79. The average molecular weight is 749 g/mol.